The zero-order valence-corrected chi connectivity index (χ0v) is 18.2. The normalized spacial score (nSPS) is 19.2. The van der Waals surface area contributed by atoms with Crippen LogP contribution in [0.5, 0.6) is 5.75 Å². The Morgan fingerprint density at radius 2 is 1.80 bits per heavy atom. The summed E-state index contributed by atoms with van der Waals surface area (Å²) in [5.74, 6) is 0.516. The van der Waals surface area contributed by atoms with Crippen LogP contribution < -0.4 is 4.74 Å². The van der Waals surface area contributed by atoms with Crippen molar-refractivity contribution in [3.05, 3.63) is 59.1 Å². The van der Waals surface area contributed by atoms with Gasteiger partial charge in [0.15, 0.2) is 0 Å². The van der Waals surface area contributed by atoms with E-state index in [1.807, 2.05) is 0 Å². The number of hydrogen-bond donors (Lipinski definition) is 0. The summed E-state index contributed by atoms with van der Waals surface area (Å²) in [7, 11) is -2.18. The van der Waals surface area contributed by atoms with Crippen LogP contribution >= 0.6 is 11.6 Å². The van der Waals surface area contributed by atoms with Crippen molar-refractivity contribution in [2.75, 3.05) is 33.4 Å². The standard InChI is InChI=1S/C21H23ClN2O5S/c1-28-18-4-2-3-16(15-18)20(25)23-11-9-21(10-12-23)24(13-14-29-21)30(26,27)19-7-5-17(22)6-8-19/h2-8,15H,9-14H2,1H3. The molecular formula is C21H23ClN2O5S. The first kappa shape index (κ1) is 21.1. The fourth-order valence-corrected chi connectivity index (χ4v) is 5.91. The lowest BCUT2D eigenvalue weighted by atomic mass is 10.00. The number of sulfonamides is 1. The number of benzene rings is 2. The van der Waals surface area contributed by atoms with E-state index in [-0.39, 0.29) is 17.3 Å². The first-order valence-corrected chi connectivity index (χ1v) is 11.5. The third-order valence-corrected chi connectivity index (χ3v) is 7.89. The molecule has 7 nitrogen and oxygen atoms in total. The SMILES string of the molecule is COc1cccc(C(=O)N2CCC3(CC2)OCCN3S(=O)(=O)c2ccc(Cl)cc2)c1. The second-order valence-corrected chi connectivity index (χ2v) is 9.65. The minimum Gasteiger partial charge on any atom is -0.497 e. The molecule has 0 aliphatic carbocycles. The summed E-state index contributed by atoms with van der Waals surface area (Å²) in [5.41, 5.74) is -0.382. The number of likely N-dealkylation sites (tertiary alicyclic amines) is 1. The summed E-state index contributed by atoms with van der Waals surface area (Å²) in [5, 5.41) is 0.477. The highest BCUT2D eigenvalue weighted by Gasteiger charge is 2.51. The Kier molecular flexibility index (Phi) is 5.76. The zero-order valence-electron chi connectivity index (χ0n) is 16.6. The summed E-state index contributed by atoms with van der Waals surface area (Å²) < 4.78 is 39.1. The molecule has 2 aromatic rings. The Bertz CT molecular complexity index is 1030. The topological polar surface area (TPSA) is 76.2 Å². The number of carbonyl (C=O) groups is 1. The number of hydrogen-bond acceptors (Lipinski definition) is 5. The van der Waals surface area contributed by atoms with Crippen LogP contribution in [0.2, 0.25) is 5.02 Å². The van der Waals surface area contributed by atoms with Crippen LogP contribution in [-0.2, 0) is 14.8 Å². The van der Waals surface area contributed by atoms with E-state index in [1.54, 1.807) is 48.4 Å². The lowest BCUT2D eigenvalue weighted by Crippen LogP contribution is -2.55. The summed E-state index contributed by atoms with van der Waals surface area (Å²) in [6.45, 7) is 1.43. The molecule has 1 spiro atoms. The lowest BCUT2D eigenvalue weighted by molar-refractivity contribution is -0.0857. The third-order valence-electron chi connectivity index (χ3n) is 5.67. The number of halogens is 1. The monoisotopic (exact) mass is 450 g/mol. The molecule has 4 rings (SSSR count). The molecule has 0 atom stereocenters. The minimum atomic E-state index is -3.73. The maximum absolute atomic E-state index is 13.2. The fraction of sp³-hybridized carbons (Fsp3) is 0.381. The Hall–Kier alpha value is -2.13. The van der Waals surface area contributed by atoms with Gasteiger partial charge in [-0.25, -0.2) is 8.42 Å². The van der Waals surface area contributed by atoms with E-state index in [0.717, 1.165) is 0 Å². The van der Waals surface area contributed by atoms with Gasteiger partial charge in [0, 0.05) is 43.1 Å². The molecule has 160 valence electrons. The molecule has 2 aliphatic heterocycles. The minimum absolute atomic E-state index is 0.103. The van der Waals surface area contributed by atoms with Crippen LogP contribution in [0.4, 0.5) is 0 Å². The zero-order chi connectivity index (χ0) is 21.4. The van der Waals surface area contributed by atoms with Crippen molar-refractivity contribution < 1.29 is 22.7 Å². The highest BCUT2D eigenvalue weighted by molar-refractivity contribution is 7.89. The van der Waals surface area contributed by atoms with E-state index in [0.29, 0.717) is 48.9 Å². The molecule has 0 unspecified atom stereocenters. The van der Waals surface area contributed by atoms with Gasteiger partial charge in [-0.3, -0.25) is 4.79 Å². The van der Waals surface area contributed by atoms with Crippen molar-refractivity contribution in [2.24, 2.45) is 0 Å². The van der Waals surface area contributed by atoms with Crippen LogP contribution in [0.1, 0.15) is 23.2 Å². The molecule has 2 saturated heterocycles. The molecule has 30 heavy (non-hydrogen) atoms. The van der Waals surface area contributed by atoms with Gasteiger partial charge in [0.2, 0.25) is 10.0 Å². The fourth-order valence-electron chi connectivity index (χ4n) is 4.06. The predicted molar refractivity (Wildman–Crippen MR) is 112 cm³/mol. The largest absolute Gasteiger partial charge is 0.497 e. The first-order chi connectivity index (χ1) is 14.4. The van der Waals surface area contributed by atoms with Crippen molar-refractivity contribution in [3.63, 3.8) is 0 Å². The van der Waals surface area contributed by atoms with Crippen molar-refractivity contribution in [1.82, 2.24) is 9.21 Å². The molecule has 2 aromatic carbocycles. The van der Waals surface area contributed by atoms with Crippen LogP contribution in [-0.4, -0.2) is 62.6 Å². The average molecular weight is 451 g/mol. The first-order valence-electron chi connectivity index (χ1n) is 9.71. The van der Waals surface area contributed by atoms with Crippen LogP contribution in [0.3, 0.4) is 0 Å². The predicted octanol–water partition coefficient (Wildman–Crippen LogP) is 3.00. The van der Waals surface area contributed by atoms with Crippen molar-refractivity contribution in [1.29, 1.82) is 0 Å². The maximum Gasteiger partial charge on any atom is 0.253 e. The quantitative estimate of drug-likeness (QED) is 0.715. The summed E-state index contributed by atoms with van der Waals surface area (Å²) in [6.07, 6.45) is 0.824. The van der Waals surface area contributed by atoms with Gasteiger partial charge in [-0.15, -0.1) is 0 Å². The van der Waals surface area contributed by atoms with E-state index >= 15 is 0 Å². The molecular weight excluding hydrogens is 428 g/mol. The highest BCUT2D eigenvalue weighted by atomic mass is 35.5. The molecule has 9 heteroatoms. The van der Waals surface area contributed by atoms with E-state index in [1.165, 1.54) is 16.4 Å². The third kappa shape index (κ3) is 3.80. The average Bonchev–Trinajstić information content (AvgIpc) is 3.18. The van der Waals surface area contributed by atoms with Crippen molar-refractivity contribution >= 4 is 27.5 Å². The second-order valence-electron chi connectivity index (χ2n) is 7.35. The molecule has 2 aliphatic rings. The number of ether oxygens (including phenoxy) is 2. The van der Waals surface area contributed by atoms with Crippen LogP contribution in [0.15, 0.2) is 53.4 Å². The van der Waals surface area contributed by atoms with Gasteiger partial charge in [-0.2, -0.15) is 4.31 Å². The molecule has 0 radical (unpaired) electrons. The molecule has 0 saturated carbocycles. The van der Waals surface area contributed by atoms with Crippen LogP contribution in [0.25, 0.3) is 0 Å². The Morgan fingerprint density at radius 1 is 1.10 bits per heavy atom. The van der Waals surface area contributed by atoms with Gasteiger partial charge >= 0.3 is 0 Å². The highest BCUT2D eigenvalue weighted by Crippen LogP contribution is 2.38. The number of carbonyl (C=O) groups excluding carboxylic acids is 1. The lowest BCUT2D eigenvalue weighted by Gasteiger charge is -2.42. The van der Waals surface area contributed by atoms with Gasteiger partial charge in [-0.1, -0.05) is 17.7 Å². The second kappa shape index (κ2) is 8.19. The van der Waals surface area contributed by atoms with Crippen molar-refractivity contribution in [3.8, 4) is 5.75 Å². The summed E-state index contributed by atoms with van der Waals surface area (Å²) in [6, 6.07) is 13.2. The smallest absolute Gasteiger partial charge is 0.253 e. The number of nitrogens with zero attached hydrogens (tertiary/aromatic N) is 2. The molecule has 0 aromatic heterocycles. The maximum atomic E-state index is 13.2. The van der Waals surface area contributed by atoms with Gasteiger partial charge in [0.25, 0.3) is 5.91 Å². The number of amides is 1. The molecule has 1 amide bonds. The van der Waals surface area contributed by atoms with Gasteiger partial charge in [0.05, 0.1) is 18.6 Å². The molecule has 0 N–H and O–H groups in total. The molecule has 2 fully saturated rings. The number of piperidine rings is 1. The van der Waals surface area contributed by atoms with E-state index in [4.69, 9.17) is 21.1 Å². The summed E-state index contributed by atoms with van der Waals surface area (Å²) in [4.78, 5) is 14.8. The number of rotatable bonds is 4. The Morgan fingerprint density at radius 3 is 2.47 bits per heavy atom. The number of methoxy groups -OCH3 is 1. The van der Waals surface area contributed by atoms with Gasteiger partial charge < -0.3 is 14.4 Å². The van der Waals surface area contributed by atoms with Gasteiger partial charge in [0.1, 0.15) is 11.5 Å². The van der Waals surface area contributed by atoms with E-state index in [2.05, 4.69) is 0 Å². The summed E-state index contributed by atoms with van der Waals surface area (Å²) >= 11 is 5.90. The molecule has 2 heterocycles. The van der Waals surface area contributed by atoms with E-state index < -0.39 is 15.7 Å². The van der Waals surface area contributed by atoms with E-state index in [9.17, 15) is 13.2 Å². The Balaban J connectivity index is 1.51. The Labute approximate surface area is 181 Å². The van der Waals surface area contributed by atoms with Gasteiger partial charge in [-0.05, 0) is 42.5 Å². The molecule has 0 bridgehead atoms. The van der Waals surface area contributed by atoms with Crippen LogP contribution in [0, 0.1) is 0 Å². The van der Waals surface area contributed by atoms with Crippen molar-refractivity contribution in [2.45, 2.75) is 23.5 Å².